The summed E-state index contributed by atoms with van der Waals surface area (Å²) in [6, 6.07) is 10.1. The largest absolute Gasteiger partial charge is 0.460 e. The second-order valence-electron chi connectivity index (χ2n) is 16.6. The van der Waals surface area contributed by atoms with E-state index in [0.717, 1.165) is 69.8 Å². The van der Waals surface area contributed by atoms with E-state index in [0.29, 0.717) is 12.5 Å². The van der Waals surface area contributed by atoms with Crippen molar-refractivity contribution in [3.8, 4) is 0 Å². The molecule has 4 saturated carbocycles. The normalized spacial score (nSPS) is 46.0. The molecule has 0 saturated heterocycles. The van der Waals surface area contributed by atoms with Crippen molar-refractivity contribution in [2.75, 3.05) is 0 Å². The molecule has 4 fully saturated rings. The number of nitrogens with zero attached hydrogens (tertiary/aromatic N) is 1. The van der Waals surface area contributed by atoms with Crippen LogP contribution in [0.25, 0.3) is 0 Å². The Balaban J connectivity index is 1.37. The van der Waals surface area contributed by atoms with Gasteiger partial charge in [0.2, 0.25) is 0 Å². The summed E-state index contributed by atoms with van der Waals surface area (Å²) in [6.45, 7) is 14.8. The number of hydrogen-bond donors (Lipinski definition) is 2. The third-order valence-electron chi connectivity index (χ3n) is 14.3. The molecule has 0 heterocycles. The van der Waals surface area contributed by atoms with E-state index in [1.165, 1.54) is 5.57 Å². The van der Waals surface area contributed by atoms with Gasteiger partial charge in [0, 0.05) is 5.41 Å². The summed E-state index contributed by atoms with van der Waals surface area (Å²) in [5, 5.41) is 24.2. The van der Waals surface area contributed by atoms with Gasteiger partial charge in [0.15, 0.2) is 0 Å². The van der Waals surface area contributed by atoms with Crippen molar-refractivity contribution < 1.29 is 19.8 Å². The number of benzene rings is 1. The molecule has 1 aromatic carbocycles. The summed E-state index contributed by atoms with van der Waals surface area (Å²) < 4.78 is 6.16. The Kier molecular flexibility index (Phi) is 7.08. The second-order valence-corrected chi connectivity index (χ2v) is 16.6. The van der Waals surface area contributed by atoms with Crippen LogP contribution >= 0.6 is 0 Å². The van der Waals surface area contributed by atoms with Crippen molar-refractivity contribution >= 4 is 12.2 Å². The SMILES string of the molecule is CC1(C)CC[C@]2(C(=O)OCc3ccccc3)CC[C@]3(C)C(=CC[C@@H]4[C@@]5(C)CC[C@H](O)[C@@](C)(/C=N/O)[C@@H]5CC[C@]43C)[C@@H]2C1. The Labute approximate surface area is 253 Å². The number of aliphatic hydroxyl groups excluding tert-OH is 1. The zero-order chi connectivity index (χ0) is 30.2. The quantitative estimate of drug-likeness (QED) is 0.124. The lowest BCUT2D eigenvalue weighted by atomic mass is 9.33. The summed E-state index contributed by atoms with van der Waals surface area (Å²) in [5.41, 5.74) is 1.97. The standard InChI is InChI=1S/C37H53NO4/c1-32(2)18-20-37(31(40)42-23-25-10-8-7-9-11-25)21-19-35(5)26(27(37)22-32)12-13-29-33(3)16-15-30(39)34(4,24-38-41)28(33)14-17-36(29,35)6/h7-12,24,27-30,39,41H,13-23H2,1-6H3/b38-24+/t27-,28+,29+,30-,33-,34-,35+,36+,37-/m0/s1. The van der Waals surface area contributed by atoms with Crippen LogP contribution in [0, 0.1) is 50.2 Å². The van der Waals surface area contributed by atoms with E-state index >= 15 is 0 Å². The zero-order valence-corrected chi connectivity index (χ0v) is 26.8. The van der Waals surface area contributed by atoms with Gasteiger partial charge in [0.25, 0.3) is 0 Å². The number of rotatable bonds is 4. The van der Waals surface area contributed by atoms with E-state index in [2.05, 4.69) is 52.8 Å². The van der Waals surface area contributed by atoms with Crippen molar-refractivity contribution in [2.24, 2.45) is 55.4 Å². The molecule has 0 aromatic heterocycles. The number of carbonyl (C=O) groups excluding carboxylic acids is 1. The predicted molar refractivity (Wildman–Crippen MR) is 166 cm³/mol. The second kappa shape index (κ2) is 9.94. The first-order valence-electron chi connectivity index (χ1n) is 16.5. The van der Waals surface area contributed by atoms with Crippen molar-refractivity contribution in [1.82, 2.24) is 0 Å². The molecule has 9 atom stereocenters. The lowest BCUT2D eigenvalue weighted by molar-refractivity contribution is -0.197. The van der Waals surface area contributed by atoms with Crippen LogP contribution in [0.2, 0.25) is 0 Å². The topological polar surface area (TPSA) is 79.1 Å². The lowest BCUT2D eigenvalue weighted by Gasteiger charge is -2.71. The fourth-order valence-electron chi connectivity index (χ4n) is 11.5. The lowest BCUT2D eigenvalue weighted by Crippen LogP contribution is -2.65. The van der Waals surface area contributed by atoms with Gasteiger partial charge in [-0.05, 0) is 109 Å². The fourth-order valence-corrected chi connectivity index (χ4v) is 11.5. The molecule has 0 spiro atoms. The molecule has 0 unspecified atom stereocenters. The number of oxime groups is 1. The van der Waals surface area contributed by atoms with Crippen LogP contribution < -0.4 is 0 Å². The number of ether oxygens (including phenoxy) is 1. The highest BCUT2D eigenvalue weighted by molar-refractivity contribution is 5.79. The van der Waals surface area contributed by atoms with Gasteiger partial charge in [0.05, 0.1) is 17.7 Å². The van der Waals surface area contributed by atoms with Gasteiger partial charge in [-0.3, -0.25) is 4.79 Å². The number of fused-ring (bicyclic) bond motifs is 7. The third kappa shape index (κ3) is 4.11. The van der Waals surface area contributed by atoms with Gasteiger partial charge in [-0.2, -0.15) is 0 Å². The number of hydrogen-bond acceptors (Lipinski definition) is 5. The molecule has 5 nitrogen and oxygen atoms in total. The van der Waals surface area contributed by atoms with Crippen molar-refractivity contribution in [2.45, 2.75) is 118 Å². The minimum absolute atomic E-state index is 0.0121. The van der Waals surface area contributed by atoms with Crippen molar-refractivity contribution in [1.29, 1.82) is 0 Å². The molecular weight excluding hydrogens is 522 g/mol. The monoisotopic (exact) mass is 575 g/mol. The smallest absolute Gasteiger partial charge is 0.313 e. The minimum atomic E-state index is -0.522. The minimum Gasteiger partial charge on any atom is -0.460 e. The first kappa shape index (κ1) is 29.9. The molecule has 2 N–H and O–H groups in total. The van der Waals surface area contributed by atoms with Crippen LogP contribution in [0.3, 0.4) is 0 Å². The number of allylic oxidation sites excluding steroid dienone is 2. The van der Waals surface area contributed by atoms with E-state index in [-0.39, 0.29) is 39.5 Å². The number of aliphatic hydroxyl groups is 1. The predicted octanol–water partition coefficient (Wildman–Crippen LogP) is 8.33. The van der Waals surface area contributed by atoms with Crippen LogP contribution in [0.15, 0.2) is 47.1 Å². The zero-order valence-electron chi connectivity index (χ0n) is 26.8. The molecular formula is C37H53NO4. The van der Waals surface area contributed by atoms with Gasteiger partial charge < -0.3 is 15.1 Å². The van der Waals surface area contributed by atoms with Crippen LogP contribution in [0.4, 0.5) is 0 Å². The molecule has 0 aliphatic heterocycles. The highest BCUT2D eigenvalue weighted by atomic mass is 16.5. The van der Waals surface area contributed by atoms with E-state index in [1.54, 1.807) is 6.21 Å². The van der Waals surface area contributed by atoms with E-state index < -0.39 is 16.9 Å². The van der Waals surface area contributed by atoms with Gasteiger partial charge >= 0.3 is 5.97 Å². The number of carbonyl (C=O) groups is 1. The fraction of sp³-hybridized carbons (Fsp3) is 0.730. The van der Waals surface area contributed by atoms with Crippen LogP contribution in [-0.2, 0) is 16.1 Å². The van der Waals surface area contributed by atoms with Crippen LogP contribution in [0.1, 0.15) is 111 Å². The number of esters is 1. The molecule has 6 rings (SSSR count). The molecule has 0 amide bonds. The third-order valence-corrected chi connectivity index (χ3v) is 14.3. The Morgan fingerprint density at radius 3 is 2.38 bits per heavy atom. The maximum Gasteiger partial charge on any atom is 0.313 e. The highest BCUT2D eigenvalue weighted by Gasteiger charge is 2.69. The maximum atomic E-state index is 14.2. The summed E-state index contributed by atoms with van der Waals surface area (Å²) in [4.78, 5) is 14.2. The summed E-state index contributed by atoms with van der Waals surface area (Å²) >= 11 is 0. The Hall–Kier alpha value is -2.14. The maximum absolute atomic E-state index is 14.2. The molecule has 5 aliphatic rings. The molecule has 5 aliphatic carbocycles. The average molecular weight is 576 g/mol. The van der Waals surface area contributed by atoms with Gasteiger partial charge in [-0.15, -0.1) is 5.16 Å². The first-order valence-corrected chi connectivity index (χ1v) is 16.5. The van der Waals surface area contributed by atoms with Gasteiger partial charge in [0.1, 0.15) is 6.61 Å². The molecule has 230 valence electrons. The van der Waals surface area contributed by atoms with Crippen LogP contribution in [0.5, 0.6) is 0 Å². The average Bonchev–Trinajstić information content (AvgIpc) is 2.95. The molecule has 5 heteroatoms. The Morgan fingerprint density at radius 2 is 1.67 bits per heavy atom. The van der Waals surface area contributed by atoms with E-state index in [1.807, 2.05) is 30.3 Å². The van der Waals surface area contributed by atoms with Crippen molar-refractivity contribution in [3.63, 3.8) is 0 Å². The van der Waals surface area contributed by atoms with Gasteiger partial charge in [-0.25, -0.2) is 0 Å². The van der Waals surface area contributed by atoms with Crippen LogP contribution in [-0.4, -0.2) is 28.6 Å². The molecule has 1 aromatic rings. The van der Waals surface area contributed by atoms with E-state index in [4.69, 9.17) is 4.74 Å². The summed E-state index contributed by atoms with van der Waals surface area (Å²) in [5.74, 6) is 0.973. The molecule has 0 bridgehead atoms. The van der Waals surface area contributed by atoms with Crippen molar-refractivity contribution in [3.05, 3.63) is 47.5 Å². The summed E-state index contributed by atoms with van der Waals surface area (Å²) in [7, 11) is 0. The van der Waals surface area contributed by atoms with E-state index in [9.17, 15) is 15.1 Å². The highest BCUT2D eigenvalue weighted by Crippen LogP contribution is 2.75. The molecule has 0 radical (unpaired) electrons. The summed E-state index contributed by atoms with van der Waals surface area (Å²) in [6.07, 6.45) is 13.5. The van der Waals surface area contributed by atoms with Gasteiger partial charge in [-0.1, -0.05) is 83.5 Å². The first-order chi connectivity index (χ1) is 19.8. The Bertz CT molecular complexity index is 1270. The Morgan fingerprint density at radius 1 is 0.952 bits per heavy atom. The molecule has 42 heavy (non-hydrogen) atoms.